The molecule has 0 saturated carbocycles. The highest BCUT2D eigenvalue weighted by Crippen LogP contribution is 2.06. The van der Waals surface area contributed by atoms with Gasteiger partial charge in [0.2, 0.25) is 23.1 Å². The van der Waals surface area contributed by atoms with Crippen molar-refractivity contribution >= 4 is 29.4 Å². The zero-order chi connectivity index (χ0) is 13.5. The van der Waals surface area contributed by atoms with E-state index >= 15 is 0 Å². The first-order chi connectivity index (χ1) is 8.47. The van der Waals surface area contributed by atoms with Gasteiger partial charge in [0.25, 0.3) is 0 Å². The lowest BCUT2D eigenvalue weighted by Gasteiger charge is -2.08. The predicted molar refractivity (Wildman–Crippen MR) is 70.2 cm³/mol. The van der Waals surface area contributed by atoms with E-state index in [0.717, 1.165) is 0 Å². The smallest absolute Gasteiger partial charge is 0.228 e. The van der Waals surface area contributed by atoms with Crippen molar-refractivity contribution in [1.82, 2.24) is 20.3 Å². The highest BCUT2D eigenvalue weighted by molar-refractivity contribution is 6.28. The topological polar surface area (TPSA) is 106 Å². The van der Waals surface area contributed by atoms with Crippen LogP contribution < -0.4 is 16.4 Å². The van der Waals surface area contributed by atoms with Crippen molar-refractivity contribution in [3.63, 3.8) is 0 Å². The van der Waals surface area contributed by atoms with E-state index in [9.17, 15) is 4.79 Å². The number of anilines is 2. The second kappa shape index (κ2) is 6.95. The van der Waals surface area contributed by atoms with Crippen molar-refractivity contribution in [2.24, 2.45) is 5.92 Å². The van der Waals surface area contributed by atoms with E-state index in [1.807, 2.05) is 13.8 Å². The molecule has 0 aliphatic carbocycles. The van der Waals surface area contributed by atoms with Gasteiger partial charge in [-0.15, -0.1) is 0 Å². The molecule has 7 nitrogen and oxygen atoms in total. The maximum Gasteiger partial charge on any atom is 0.228 e. The van der Waals surface area contributed by atoms with Gasteiger partial charge in [0, 0.05) is 19.5 Å². The molecule has 0 aliphatic rings. The summed E-state index contributed by atoms with van der Waals surface area (Å²) >= 11 is 5.61. The van der Waals surface area contributed by atoms with Gasteiger partial charge in [0.1, 0.15) is 0 Å². The number of halogens is 1. The standard InChI is InChI=1S/C10H17ClN6O/c1-6(2)5-14-7(18)3-4-13-10-16-8(11)15-9(12)17-10/h6H,3-5H2,1-2H3,(H,14,18)(H3,12,13,15,16,17). The quantitative estimate of drug-likeness (QED) is 0.703. The Morgan fingerprint density at radius 3 is 2.72 bits per heavy atom. The Morgan fingerprint density at radius 2 is 2.11 bits per heavy atom. The molecule has 1 aromatic rings. The highest BCUT2D eigenvalue weighted by atomic mass is 35.5. The molecule has 0 aromatic carbocycles. The summed E-state index contributed by atoms with van der Waals surface area (Å²) in [7, 11) is 0. The molecule has 0 fully saturated rings. The molecular formula is C10H17ClN6O. The van der Waals surface area contributed by atoms with Crippen molar-refractivity contribution in [1.29, 1.82) is 0 Å². The molecule has 0 saturated heterocycles. The Kier molecular flexibility index (Phi) is 5.57. The first-order valence-electron chi connectivity index (χ1n) is 5.65. The zero-order valence-electron chi connectivity index (χ0n) is 10.4. The molecule has 100 valence electrons. The average molecular weight is 273 g/mol. The predicted octanol–water partition coefficient (Wildman–Crippen LogP) is 0.681. The minimum Gasteiger partial charge on any atom is -0.368 e. The van der Waals surface area contributed by atoms with E-state index in [2.05, 4.69) is 25.6 Å². The Bertz CT molecular complexity index is 391. The molecule has 0 unspecified atom stereocenters. The van der Waals surface area contributed by atoms with Gasteiger partial charge < -0.3 is 16.4 Å². The van der Waals surface area contributed by atoms with Gasteiger partial charge in [-0.3, -0.25) is 4.79 Å². The first-order valence-corrected chi connectivity index (χ1v) is 6.02. The monoisotopic (exact) mass is 272 g/mol. The second-order valence-corrected chi connectivity index (χ2v) is 4.50. The average Bonchev–Trinajstić information content (AvgIpc) is 2.25. The Morgan fingerprint density at radius 1 is 1.39 bits per heavy atom. The number of rotatable bonds is 6. The molecule has 8 heteroatoms. The number of nitrogens with two attached hydrogens (primary N) is 1. The van der Waals surface area contributed by atoms with Crippen molar-refractivity contribution < 1.29 is 4.79 Å². The summed E-state index contributed by atoms with van der Waals surface area (Å²) in [6.45, 7) is 5.15. The second-order valence-electron chi connectivity index (χ2n) is 4.16. The van der Waals surface area contributed by atoms with Crippen molar-refractivity contribution in [2.45, 2.75) is 20.3 Å². The number of hydrogen-bond donors (Lipinski definition) is 3. The summed E-state index contributed by atoms with van der Waals surface area (Å²) in [6.07, 6.45) is 0.329. The molecule has 0 radical (unpaired) electrons. The van der Waals surface area contributed by atoms with Crippen LogP contribution in [-0.4, -0.2) is 33.9 Å². The maximum atomic E-state index is 11.4. The number of carbonyl (C=O) groups excluding carboxylic acids is 1. The number of nitrogens with zero attached hydrogens (tertiary/aromatic N) is 3. The maximum absolute atomic E-state index is 11.4. The van der Waals surface area contributed by atoms with Crippen LogP contribution in [0.4, 0.5) is 11.9 Å². The lowest BCUT2D eigenvalue weighted by atomic mass is 10.2. The third-order valence-electron chi connectivity index (χ3n) is 1.97. The van der Waals surface area contributed by atoms with Crippen LogP contribution in [0.15, 0.2) is 0 Å². The normalized spacial score (nSPS) is 10.4. The van der Waals surface area contributed by atoms with Gasteiger partial charge in [-0.1, -0.05) is 13.8 Å². The molecule has 1 rings (SSSR count). The summed E-state index contributed by atoms with van der Waals surface area (Å²) in [5, 5.41) is 5.69. The summed E-state index contributed by atoms with van der Waals surface area (Å²) in [5.74, 6) is 0.722. The van der Waals surface area contributed by atoms with Crippen molar-refractivity contribution in [2.75, 3.05) is 24.1 Å². The fourth-order valence-electron chi connectivity index (χ4n) is 1.14. The third-order valence-corrected chi connectivity index (χ3v) is 2.14. The summed E-state index contributed by atoms with van der Waals surface area (Å²) in [4.78, 5) is 22.7. The van der Waals surface area contributed by atoms with Crippen LogP contribution in [0.3, 0.4) is 0 Å². The lowest BCUT2D eigenvalue weighted by molar-refractivity contribution is -0.120. The first kappa shape index (κ1) is 14.4. The Labute approximate surface area is 111 Å². The molecule has 1 heterocycles. The van der Waals surface area contributed by atoms with Gasteiger partial charge in [0.15, 0.2) is 0 Å². The largest absolute Gasteiger partial charge is 0.368 e. The molecule has 1 amide bonds. The third kappa shape index (κ3) is 5.62. The number of nitrogen functional groups attached to an aromatic ring is 1. The van der Waals surface area contributed by atoms with Gasteiger partial charge in [-0.2, -0.15) is 15.0 Å². The van der Waals surface area contributed by atoms with Crippen LogP contribution in [-0.2, 0) is 4.79 Å². The van der Waals surface area contributed by atoms with E-state index in [0.29, 0.717) is 25.4 Å². The molecular weight excluding hydrogens is 256 g/mol. The molecule has 1 aromatic heterocycles. The fraction of sp³-hybridized carbons (Fsp3) is 0.600. The molecule has 0 aliphatic heterocycles. The van der Waals surface area contributed by atoms with E-state index < -0.39 is 0 Å². The van der Waals surface area contributed by atoms with Crippen LogP contribution in [0.25, 0.3) is 0 Å². The molecule has 0 atom stereocenters. The van der Waals surface area contributed by atoms with Gasteiger partial charge in [0.05, 0.1) is 0 Å². The van der Waals surface area contributed by atoms with Crippen LogP contribution in [0.1, 0.15) is 20.3 Å². The molecule has 18 heavy (non-hydrogen) atoms. The SMILES string of the molecule is CC(C)CNC(=O)CCNc1nc(N)nc(Cl)n1. The zero-order valence-corrected chi connectivity index (χ0v) is 11.2. The minimum atomic E-state index is -0.0238. The number of carbonyl (C=O) groups is 1. The number of hydrogen-bond acceptors (Lipinski definition) is 6. The number of nitrogens with one attached hydrogen (secondary N) is 2. The van der Waals surface area contributed by atoms with Crippen LogP contribution in [0.2, 0.25) is 5.28 Å². The van der Waals surface area contributed by atoms with Crippen molar-refractivity contribution in [3.05, 3.63) is 5.28 Å². The number of aromatic nitrogens is 3. The lowest BCUT2D eigenvalue weighted by Crippen LogP contribution is -2.28. The van der Waals surface area contributed by atoms with Gasteiger partial charge in [-0.25, -0.2) is 0 Å². The Balaban J connectivity index is 2.30. The molecule has 0 bridgehead atoms. The van der Waals surface area contributed by atoms with Crippen molar-refractivity contribution in [3.8, 4) is 0 Å². The minimum absolute atomic E-state index is 0.0225. The van der Waals surface area contributed by atoms with E-state index in [4.69, 9.17) is 17.3 Å². The van der Waals surface area contributed by atoms with Crippen LogP contribution >= 0.6 is 11.6 Å². The van der Waals surface area contributed by atoms with Gasteiger partial charge in [-0.05, 0) is 17.5 Å². The highest BCUT2D eigenvalue weighted by Gasteiger charge is 2.04. The number of amides is 1. The Hall–Kier alpha value is -1.63. The van der Waals surface area contributed by atoms with Crippen LogP contribution in [0.5, 0.6) is 0 Å². The summed E-state index contributed by atoms with van der Waals surface area (Å²) < 4.78 is 0. The van der Waals surface area contributed by atoms with E-state index in [1.54, 1.807) is 0 Å². The van der Waals surface area contributed by atoms with Gasteiger partial charge >= 0.3 is 0 Å². The molecule has 0 spiro atoms. The van der Waals surface area contributed by atoms with Crippen LogP contribution in [0, 0.1) is 5.92 Å². The summed E-state index contributed by atoms with van der Waals surface area (Å²) in [5.41, 5.74) is 5.41. The van der Waals surface area contributed by atoms with E-state index in [1.165, 1.54) is 0 Å². The summed E-state index contributed by atoms with van der Waals surface area (Å²) in [6, 6.07) is 0. The molecule has 4 N–H and O–H groups in total. The fourth-order valence-corrected chi connectivity index (χ4v) is 1.31. The van der Waals surface area contributed by atoms with E-state index in [-0.39, 0.29) is 23.1 Å².